The van der Waals surface area contributed by atoms with Crippen LogP contribution in [-0.4, -0.2) is 19.1 Å². The van der Waals surface area contributed by atoms with E-state index >= 15 is 0 Å². The molecule has 2 heterocycles. The number of halogens is 2. The van der Waals surface area contributed by atoms with Gasteiger partial charge in [0.25, 0.3) is 5.92 Å². The number of hydrogen-bond acceptors (Lipinski definition) is 5. The van der Waals surface area contributed by atoms with Crippen molar-refractivity contribution >= 4 is 17.1 Å². The second-order valence-electron chi connectivity index (χ2n) is 7.31. The van der Waals surface area contributed by atoms with Gasteiger partial charge >= 0.3 is 0 Å². The number of hydrogen-bond donors (Lipinski definition) is 0. The van der Waals surface area contributed by atoms with E-state index in [1.54, 1.807) is 23.0 Å². The number of aromatic nitrogens is 4. The first-order valence-corrected chi connectivity index (χ1v) is 10.4. The van der Waals surface area contributed by atoms with E-state index < -0.39 is 5.92 Å². The first kappa shape index (κ1) is 22.6. The molecule has 8 heteroatoms. The van der Waals surface area contributed by atoms with E-state index in [0.29, 0.717) is 11.6 Å². The predicted molar refractivity (Wildman–Crippen MR) is 120 cm³/mol. The van der Waals surface area contributed by atoms with Gasteiger partial charge in [0.1, 0.15) is 17.4 Å². The zero-order valence-electron chi connectivity index (χ0n) is 17.9. The molecule has 0 spiro atoms. The molecule has 0 amide bonds. The maximum atomic E-state index is 13.4. The van der Waals surface area contributed by atoms with Gasteiger partial charge in [-0.2, -0.15) is 9.47 Å². The third-order valence-corrected chi connectivity index (χ3v) is 5.28. The molecule has 0 atom stereocenters. The Kier molecular flexibility index (Phi) is 6.80. The lowest BCUT2D eigenvalue weighted by Gasteiger charge is -2.12. The van der Waals surface area contributed by atoms with Crippen LogP contribution in [0.15, 0.2) is 60.8 Å². The van der Waals surface area contributed by atoms with Crippen molar-refractivity contribution < 1.29 is 13.5 Å². The summed E-state index contributed by atoms with van der Waals surface area (Å²) in [6.45, 7) is 8.80. The second-order valence-corrected chi connectivity index (χ2v) is 8.06. The van der Waals surface area contributed by atoms with Crippen LogP contribution in [0, 0.1) is 0 Å². The Balaban J connectivity index is 1.76. The standard InChI is InChI=1S/C23H24F2N4OS/c1-15(2)7-6-8-16(3)21-27-22(31-28-21)19-13-26-29(5)20(19)14-30-18-11-9-17(10-12-18)23(4,24)25/h6-13H,1,14H2,2-5H3/b7-6-,16-8+. The van der Waals surface area contributed by atoms with E-state index in [4.69, 9.17) is 4.74 Å². The molecule has 0 saturated carbocycles. The molecular formula is C23H24F2N4OS. The molecule has 162 valence electrons. The predicted octanol–water partition coefficient (Wildman–Crippen LogP) is 6.16. The third-order valence-electron chi connectivity index (χ3n) is 4.53. The number of nitrogens with zero attached hydrogens (tertiary/aromatic N) is 4. The van der Waals surface area contributed by atoms with Crippen LogP contribution in [-0.2, 0) is 19.6 Å². The number of alkyl halides is 2. The van der Waals surface area contributed by atoms with Gasteiger partial charge in [-0.1, -0.05) is 30.4 Å². The molecule has 1 aromatic carbocycles. The summed E-state index contributed by atoms with van der Waals surface area (Å²) in [5.41, 5.74) is 3.50. The Hall–Kier alpha value is -3.13. The normalized spacial score (nSPS) is 12.5. The maximum Gasteiger partial charge on any atom is 0.270 e. The van der Waals surface area contributed by atoms with Gasteiger partial charge in [-0.3, -0.25) is 4.68 Å². The minimum absolute atomic E-state index is 0.0519. The van der Waals surface area contributed by atoms with E-state index in [0.717, 1.165) is 34.3 Å². The Labute approximate surface area is 184 Å². The average Bonchev–Trinajstić information content (AvgIpc) is 3.32. The van der Waals surface area contributed by atoms with Gasteiger partial charge in [0.05, 0.1) is 17.5 Å². The van der Waals surface area contributed by atoms with Crippen molar-refractivity contribution in [3.05, 3.63) is 77.9 Å². The largest absolute Gasteiger partial charge is 0.487 e. The summed E-state index contributed by atoms with van der Waals surface area (Å²) in [7, 11) is 1.82. The molecule has 31 heavy (non-hydrogen) atoms. The minimum Gasteiger partial charge on any atom is -0.487 e. The zero-order valence-corrected chi connectivity index (χ0v) is 18.7. The molecule has 5 nitrogen and oxygen atoms in total. The summed E-state index contributed by atoms with van der Waals surface area (Å²) >= 11 is 1.29. The van der Waals surface area contributed by atoms with Crippen molar-refractivity contribution in [3.63, 3.8) is 0 Å². The average molecular weight is 443 g/mol. The Morgan fingerprint density at radius 1 is 1.26 bits per heavy atom. The van der Waals surface area contributed by atoms with E-state index in [-0.39, 0.29) is 12.2 Å². The molecule has 0 fully saturated rings. The Morgan fingerprint density at radius 2 is 1.97 bits per heavy atom. The lowest BCUT2D eigenvalue weighted by Crippen LogP contribution is -2.07. The van der Waals surface area contributed by atoms with Crippen LogP contribution in [0.3, 0.4) is 0 Å². The number of allylic oxidation sites excluding steroid dienone is 5. The van der Waals surface area contributed by atoms with Crippen LogP contribution >= 0.6 is 11.5 Å². The summed E-state index contributed by atoms with van der Waals surface area (Å²) in [4.78, 5) is 4.64. The third kappa shape index (κ3) is 5.73. The van der Waals surface area contributed by atoms with Gasteiger partial charge in [-0.05, 0) is 55.2 Å². The highest BCUT2D eigenvalue weighted by molar-refractivity contribution is 7.09. The van der Waals surface area contributed by atoms with Crippen molar-refractivity contribution in [2.45, 2.75) is 33.3 Å². The number of aryl methyl sites for hydroxylation is 1. The zero-order chi connectivity index (χ0) is 22.6. The van der Waals surface area contributed by atoms with E-state index in [2.05, 4.69) is 21.0 Å². The second kappa shape index (κ2) is 9.34. The van der Waals surface area contributed by atoms with Crippen LogP contribution in [0.2, 0.25) is 0 Å². The van der Waals surface area contributed by atoms with E-state index in [9.17, 15) is 8.78 Å². The maximum absolute atomic E-state index is 13.4. The van der Waals surface area contributed by atoms with Crippen molar-refractivity contribution in [1.29, 1.82) is 0 Å². The van der Waals surface area contributed by atoms with Gasteiger partial charge in [-0.25, -0.2) is 13.8 Å². The summed E-state index contributed by atoms with van der Waals surface area (Å²) in [6.07, 6.45) is 7.50. The number of benzene rings is 1. The quantitative estimate of drug-likeness (QED) is 0.392. The molecule has 0 unspecified atom stereocenters. The number of rotatable bonds is 8. The Bertz CT molecular complexity index is 1120. The highest BCUT2D eigenvalue weighted by Gasteiger charge is 2.24. The smallest absolute Gasteiger partial charge is 0.270 e. The molecule has 0 aliphatic carbocycles. The molecule has 3 rings (SSSR count). The van der Waals surface area contributed by atoms with Gasteiger partial charge in [0.2, 0.25) is 0 Å². The van der Waals surface area contributed by atoms with Gasteiger partial charge < -0.3 is 4.74 Å². The van der Waals surface area contributed by atoms with E-state index in [1.807, 2.05) is 39.1 Å². The van der Waals surface area contributed by atoms with Crippen LogP contribution in [0.25, 0.3) is 16.1 Å². The first-order valence-electron chi connectivity index (χ1n) is 9.62. The van der Waals surface area contributed by atoms with Crippen LogP contribution in [0.4, 0.5) is 8.78 Å². The van der Waals surface area contributed by atoms with Crippen LogP contribution in [0.5, 0.6) is 5.75 Å². The minimum atomic E-state index is -2.88. The fourth-order valence-corrected chi connectivity index (χ4v) is 3.49. The van der Waals surface area contributed by atoms with Gasteiger partial charge in [0, 0.05) is 19.5 Å². The SMILES string of the molecule is C=C(C)/C=C\C=C(/C)c1nsc(-c2cnn(C)c2COc2ccc(C(C)(F)F)cc2)n1. The van der Waals surface area contributed by atoms with Gasteiger partial charge in [0.15, 0.2) is 5.82 Å². The molecule has 0 saturated heterocycles. The highest BCUT2D eigenvalue weighted by atomic mass is 32.1. The van der Waals surface area contributed by atoms with Crippen LogP contribution < -0.4 is 4.74 Å². The molecule has 3 aromatic rings. The molecule has 0 aliphatic rings. The lowest BCUT2D eigenvalue weighted by molar-refractivity contribution is 0.0174. The molecule has 0 N–H and O–H groups in total. The summed E-state index contributed by atoms with van der Waals surface area (Å²) in [5, 5.41) is 5.05. The molecule has 2 aromatic heterocycles. The van der Waals surface area contributed by atoms with Crippen molar-refractivity contribution in [3.8, 4) is 16.3 Å². The molecule has 0 aliphatic heterocycles. The summed E-state index contributed by atoms with van der Waals surface area (Å²) in [6, 6.07) is 5.82. The summed E-state index contributed by atoms with van der Waals surface area (Å²) < 4.78 is 38.7. The fourth-order valence-electron chi connectivity index (χ4n) is 2.73. The molecular weight excluding hydrogens is 418 g/mol. The lowest BCUT2D eigenvalue weighted by atomic mass is 10.1. The first-order chi connectivity index (χ1) is 14.6. The van der Waals surface area contributed by atoms with Crippen molar-refractivity contribution in [1.82, 2.24) is 19.1 Å². The topological polar surface area (TPSA) is 52.8 Å². The number of ether oxygens (including phenoxy) is 1. The monoisotopic (exact) mass is 442 g/mol. The van der Waals surface area contributed by atoms with Crippen molar-refractivity contribution in [2.75, 3.05) is 0 Å². The fraction of sp³-hybridized carbons (Fsp3) is 0.261. The molecule has 0 bridgehead atoms. The van der Waals surface area contributed by atoms with Gasteiger partial charge in [-0.15, -0.1) is 0 Å². The van der Waals surface area contributed by atoms with Crippen LogP contribution in [0.1, 0.15) is 37.9 Å². The Morgan fingerprint density at radius 3 is 2.61 bits per heavy atom. The summed E-state index contributed by atoms with van der Waals surface area (Å²) in [5.74, 6) is -1.73. The van der Waals surface area contributed by atoms with E-state index in [1.165, 1.54) is 23.7 Å². The van der Waals surface area contributed by atoms with Crippen molar-refractivity contribution in [2.24, 2.45) is 7.05 Å². The highest BCUT2D eigenvalue weighted by Crippen LogP contribution is 2.30. The molecule has 0 radical (unpaired) electrons.